The molecule has 19 nitrogen and oxygen atoms in total. The third kappa shape index (κ3) is 11.1. The minimum absolute atomic E-state index is 0.0891. The number of aryl methyl sites for hydroxylation is 1. The second-order valence-corrected chi connectivity index (χ2v) is 29.0. The van der Waals surface area contributed by atoms with E-state index in [0.29, 0.717) is 5.88 Å². The molecular formula is C37H58FN6O13P2SSi2+. The first-order valence-corrected chi connectivity index (χ1v) is 28.1. The lowest BCUT2D eigenvalue weighted by atomic mass is 10.1. The molecule has 0 spiro atoms. The molecule has 2 aliphatic rings. The van der Waals surface area contributed by atoms with Gasteiger partial charge in [-0.1, -0.05) is 55.4 Å². The summed E-state index contributed by atoms with van der Waals surface area (Å²) in [5.74, 6) is -1.19. The highest BCUT2D eigenvalue weighted by Crippen LogP contribution is 2.57. The van der Waals surface area contributed by atoms with Crippen LogP contribution in [-0.2, 0) is 54.8 Å². The van der Waals surface area contributed by atoms with Crippen LogP contribution in [0.3, 0.4) is 0 Å². The molecule has 0 radical (unpaired) electrons. The minimum Gasteiger partial charge on any atom is -0.474 e. The zero-order valence-corrected chi connectivity index (χ0v) is 40.9. The zero-order chi connectivity index (χ0) is 45.7. The van der Waals surface area contributed by atoms with Crippen LogP contribution in [0, 0.1) is 23.1 Å². The smallest absolute Gasteiger partial charge is 0.474 e. The van der Waals surface area contributed by atoms with E-state index in [9.17, 15) is 29.4 Å². The van der Waals surface area contributed by atoms with E-state index in [0.717, 1.165) is 10.8 Å². The Balaban J connectivity index is 1.60. The number of aromatic nitrogens is 5. The Morgan fingerprint density at radius 1 is 1.10 bits per heavy atom. The molecule has 4 heterocycles. The molecule has 0 aromatic carbocycles. The highest BCUT2D eigenvalue weighted by Gasteiger charge is 2.60. The number of hydrogen-bond acceptors (Lipinski definition) is 17. The average Bonchev–Trinajstić information content (AvgIpc) is 3.86. The molecule has 1 saturated heterocycles. The van der Waals surface area contributed by atoms with Gasteiger partial charge in [-0.15, -0.1) is 9.42 Å². The largest absolute Gasteiger partial charge is 0.695 e. The van der Waals surface area contributed by atoms with Gasteiger partial charge in [0, 0.05) is 42.4 Å². The Morgan fingerprint density at radius 2 is 1.79 bits per heavy atom. The predicted octanol–water partition coefficient (Wildman–Crippen LogP) is 5.92. The number of ether oxygens (including phenoxy) is 2. The summed E-state index contributed by atoms with van der Waals surface area (Å²) < 4.78 is 81.6. The van der Waals surface area contributed by atoms with Gasteiger partial charge in [0.25, 0.3) is 5.56 Å². The van der Waals surface area contributed by atoms with Crippen molar-refractivity contribution in [1.29, 1.82) is 5.26 Å². The maximum absolute atomic E-state index is 15.8. The van der Waals surface area contributed by atoms with Crippen molar-refractivity contribution < 1.29 is 59.9 Å². The molecule has 1 aliphatic carbocycles. The first-order valence-electron chi connectivity index (χ1n) is 20.5. The SMILES string of the molecule is CC(C)[Si](O)(O[Si](O[C@H]1[C@@H](O[P@@](=S)(OCCC#N)OC[C@H]2C[C@@H](Oc3ccncn3)C[C@@H]2O[P+](=O)O)[C@H](n2cc(F)c3c(=O)n(C)cnc32)O[C@@H]1CO)(C(C)C)C(C)C)C(C)C. The standard InChI is InChI=1S/C37H57FN6O13P2SSi2/c1-22(2)61(49,23(3)4)57-62(24(5)6,25(7)8)56-33-30(18-45)53-37(44-17-28(38)32-35(44)42-21-43(9)36(32)46)34(33)55-59(60,50-14-10-12-39)51-19-26-15-27(16-29(26)54-58(47)48)52-31-11-13-40-20-41-31/h11,13,17,20-27,29-30,33-34,37,45,49H,10,14-16,18-19H2,1-9H3/p+1/t26-,27-,29+,30-,33-,34-,37-,59-/m1/s1. The van der Waals surface area contributed by atoms with Crippen molar-refractivity contribution in [3.63, 3.8) is 0 Å². The third-order valence-corrected chi connectivity index (χ3v) is 23.9. The van der Waals surface area contributed by atoms with Gasteiger partial charge in [-0.05, 0) is 40.4 Å². The second kappa shape index (κ2) is 21.2. The molecule has 0 bridgehead atoms. The van der Waals surface area contributed by atoms with Crippen LogP contribution >= 0.6 is 15.0 Å². The van der Waals surface area contributed by atoms with Gasteiger partial charge in [-0.2, -0.15) is 5.26 Å². The molecule has 3 aromatic heterocycles. The number of rotatable bonds is 22. The monoisotopic (exact) mass is 963 g/mol. The van der Waals surface area contributed by atoms with Crippen LogP contribution in [0.25, 0.3) is 11.0 Å². The zero-order valence-electron chi connectivity index (χ0n) is 36.3. The van der Waals surface area contributed by atoms with Crippen LogP contribution in [0.2, 0.25) is 22.2 Å². The average molecular weight is 964 g/mol. The Kier molecular flexibility index (Phi) is 17.3. The summed E-state index contributed by atoms with van der Waals surface area (Å²) in [5.41, 5.74) is -1.79. The second-order valence-electron chi connectivity index (χ2n) is 16.7. The molecule has 1 aliphatic heterocycles. The molecule has 1 saturated carbocycles. The summed E-state index contributed by atoms with van der Waals surface area (Å²) in [6.45, 7) is 10.2. The predicted molar refractivity (Wildman–Crippen MR) is 231 cm³/mol. The van der Waals surface area contributed by atoms with Gasteiger partial charge < -0.3 is 46.1 Å². The fourth-order valence-electron chi connectivity index (χ4n) is 7.99. The first kappa shape index (κ1) is 50.5. The molecule has 344 valence electrons. The fraction of sp³-hybridized carbons (Fsp3) is 0.703. The van der Waals surface area contributed by atoms with E-state index in [-0.39, 0.29) is 65.7 Å². The van der Waals surface area contributed by atoms with Gasteiger partial charge in [-0.3, -0.25) is 9.32 Å². The van der Waals surface area contributed by atoms with E-state index in [1.807, 2.05) is 61.5 Å². The van der Waals surface area contributed by atoms with Crippen LogP contribution in [-0.4, -0.2) is 106 Å². The van der Waals surface area contributed by atoms with Gasteiger partial charge in [0.15, 0.2) is 17.7 Å². The topological polar surface area (TPSA) is 241 Å². The number of nitriles is 1. The van der Waals surface area contributed by atoms with Gasteiger partial charge >= 0.3 is 32.1 Å². The fourth-order valence-corrected chi connectivity index (χ4v) is 20.5. The molecule has 2 fully saturated rings. The number of hydrogen-bond donors (Lipinski definition) is 3. The van der Waals surface area contributed by atoms with Crippen molar-refractivity contribution >= 4 is 54.9 Å². The number of halogens is 1. The Hall–Kier alpha value is -2.50. The summed E-state index contributed by atoms with van der Waals surface area (Å²) in [4.78, 5) is 47.6. The molecule has 9 atom stereocenters. The molecule has 1 unspecified atom stereocenters. The van der Waals surface area contributed by atoms with E-state index in [1.165, 1.54) is 30.5 Å². The quantitative estimate of drug-likeness (QED) is 0.0601. The van der Waals surface area contributed by atoms with Crippen molar-refractivity contribution in [2.75, 3.05) is 19.8 Å². The van der Waals surface area contributed by atoms with E-state index < -0.39 is 92.7 Å². The van der Waals surface area contributed by atoms with Crippen LogP contribution < -0.4 is 10.3 Å². The molecule has 5 rings (SSSR count). The lowest BCUT2D eigenvalue weighted by molar-refractivity contribution is -0.0508. The summed E-state index contributed by atoms with van der Waals surface area (Å²) in [7, 11) is -8.76. The van der Waals surface area contributed by atoms with Crippen LogP contribution in [0.5, 0.6) is 5.88 Å². The summed E-state index contributed by atoms with van der Waals surface area (Å²) in [6.07, 6.45) is -1.03. The number of aliphatic hydroxyl groups is 1. The molecule has 62 heavy (non-hydrogen) atoms. The molecule has 3 N–H and O–H groups in total. The molecule has 3 aromatic rings. The number of nitrogens with zero attached hydrogens (tertiary/aromatic N) is 6. The molecule has 0 amide bonds. The van der Waals surface area contributed by atoms with Crippen molar-refractivity contribution in [2.24, 2.45) is 13.0 Å². The lowest BCUT2D eigenvalue weighted by Gasteiger charge is -2.47. The Bertz CT molecular complexity index is 2140. The Labute approximate surface area is 368 Å². The van der Waals surface area contributed by atoms with Gasteiger partial charge in [0.1, 0.15) is 42.2 Å². The van der Waals surface area contributed by atoms with E-state index in [2.05, 4.69) is 15.0 Å². The summed E-state index contributed by atoms with van der Waals surface area (Å²) in [5, 5.41) is 20.1. The minimum atomic E-state index is -4.06. The third-order valence-electron chi connectivity index (χ3n) is 11.3. The number of aliphatic hydroxyl groups excluding tert-OH is 1. The van der Waals surface area contributed by atoms with Gasteiger partial charge in [0.2, 0.25) is 5.88 Å². The van der Waals surface area contributed by atoms with Gasteiger partial charge in [0.05, 0.1) is 38.6 Å². The maximum atomic E-state index is 15.8. The lowest BCUT2D eigenvalue weighted by Crippen LogP contribution is -2.62. The Morgan fingerprint density at radius 3 is 2.37 bits per heavy atom. The summed E-state index contributed by atoms with van der Waals surface area (Å²) in [6, 6.07) is 3.58. The normalized spacial score (nSPS) is 24.7. The van der Waals surface area contributed by atoms with E-state index in [4.69, 9.17) is 47.9 Å². The number of fused-ring (bicyclic) bond motifs is 1. The maximum Gasteiger partial charge on any atom is 0.695 e. The van der Waals surface area contributed by atoms with Crippen LogP contribution in [0.1, 0.15) is 80.9 Å². The van der Waals surface area contributed by atoms with Crippen molar-refractivity contribution in [3.05, 3.63) is 47.3 Å². The van der Waals surface area contributed by atoms with Crippen molar-refractivity contribution in [1.82, 2.24) is 24.1 Å². The van der Waals surface area contributed by atoms with Gasteiger partial charge in [-0.25, -0.2) is 19.3 Å². The molecular weight excluding hydrogens is 906 g/mol. The molecule has 25 heteroatoms. The highest BCUT2D eigenvalue weighted by atomic mass is 32.5. The summed E-state index contributed by atoms with van der Waals surface area (Å²) >= 11 is 6.08. The highest BCUT2D eigenvalue weighted by molar-refractivity contribution is 8.07. The van der Waals surface area contributed by atoms with Crippen molar-refractivity contribution in [3.8, 4) is 11.9 Å². The van der Waals surface area contributed by atoms with E-state index >= 15 is 4.39 Å². The first-order chi connectivity index (χ1) is 29.2. The van der Waals surface area contributed by atoms with Crippen molar-refractivity contribution in [2.45, 2.75) is 134 Å². The van der Waals surface area contributed by atoms with Crippen LogP contribution in [0.4, 0.5) is 4.39 Å². The van der Waals surface area contributed by atoms with E-state index in [1.54, 1.807) is 6.07 Å². The van der Waals surface area contributed by atoms with Crippen LogP contribution in [0.15, 0.2) is 35.9 Å².